The van der Waals surface area contributed by atoms with Crippen molar-refractivity contribution in [3.05, 3.63) is 11.1 Å². The molecule has 1 aliphatic rings. The molecule has 2 N–H and O–H groups in total. The minimum absolute atomic E-state index is 0.299. The summed E-state index contributed by atoms with van der Waals surface area (Å²) in [6.45, 7) is 12.8. The van der Waals surface area contributed by atoms with Gasteiger partial charge in [-0.25, -0.2) is 0 Å². The van der Waals surface area contributed by atoms with Gasteiger partial charge in [-0.3, -0.25) is 5.43 Å². The Kier molecular flexibility index (Phi) is 5.34. The highest BCUT2D eigenvalue weighted by Gasteiger charge is 2.21. The fourth-order valence-electron chi connectivity index (χ4n) is 1.98. The summed E-state index contributed by atoms with van der Waals surface area (Å²) >= 11 is 4.39. The third-order valence-corrected chi connectivity index (χ3v) is 2.68. The van der Waals surface area contributed by atoms with Crippen molar-refractivity contribution in [2.45, 2.75) is 59.7 Å². The summed E-state index contributed by atoms with van der Waals surface area (Å²) < 4.78 is 0. The van der Waals surface area contributed by atoms with Crippen LogP contribution in [0.25, 0.3) is 0 Å². The molecule has 0 fully saturated rings. The van der Waals surface area contributed by atoms with Gasteiger partial charge in [0.25, 0.3) is 0 Å². The lowest BCUT2D eigenvalue weighted by atomic mass is 10.2. The van der Waals surface area contributed by atoms with Crippen LogP contribution in [0.3, 0.4) is 0 Å². The quantitative estimate of drug-likeness (QED) is 0.684. The molecule has 0 atom stereocenters. The van der Waals surface area contributed by atoms with Crippen molar-refractivity contribution in [1.29, 1.82) is 0 Å². The second-order valence-corrected chi connectivity index (χ2v) is 5.77. The van der Waals surface area contributed by atoms with E-state index in [0.717, 1.165) is 10.9 Å². The molecule has 104 valence electrons. The molecule has 0 unspecified atom stereocenters. The first kappa shape index (κ1) is 15.2. The van der Waals surface area contributed by atoms with Crippen molar-refractivity contribution in [2.24, 2.45) is 5.10 Å². The highest BCUT2D eigenvalue weighted by atomic mass is 32.1. The number of hydrogen-bond donors (Lipinski definition) is 3. The van der Waals surface area contributed by atoms with E-state index in [9.17, 15) is 0 Å². The number of amidine groups is 1. The maximum atomic E-state index is 4.54. The van der Waals surface area contributed by atoms with Gasteiger partial charge in [0.2, 0.25) is 0 Å². The third-order valence-electron chi connectivity index (χ3n) is 2.45. The van der Waals surface area contributed by atoms with Gasteiger partial charge in [0, 0.05) is 24.2 Å². The van der Waals surface area contributed by atoms with Crippen LogP contribution in [0, 0.1) is 0 Å². The smallest absolute Gasteiger partial charge is 0.155 e. The van der Waals surface area contributed by atoms with Gasteiger partial charge in [-0.1, -0.05) is 0 Å². The van der Waals surface area contributed by atoms with Crippen LogP contribution < -0.4 is 10.9 Å². The number of nitrogens with zero attached hydrogens (tertiary/aromatic N) is 3. The standard InChI is InChI=1S/C12H25N5S/c1-8(2)13-17-14-11(7-12(18)15-17)16(9(3)4)10(5)6/h7-10,13,15,18H,1-6H3. The van der Waals surface area contributed by atoms with Crippen LogP contribution in [0.15, 0.2) is 16.2 Å². The zero-order valence-electron chi connectivity index (χ0n) is 12.1. The van der Waals surface area contributed by atoms with E-state index in [1.54, 1.807) is 5.23 Å². The van der Waals surface area contributed by atoms with Crippen LogP contribution in [0.5, 0.6) is 0 Å². The van der Waals surface area contributed by atoms with Crippen molar-refractivity contribution in [1.82, 2.24) is 21.0 Å². The van der Waals surface area contributed by atoms with E-state index >= 15 is 0 Å². The molecule has 6 heteroatoms. The zero-order valence-corrected chi connectivity index (χ0v) is 13.0. The summed E-state index contributed by atoms with van der Waals surface area (Å²) in [5.41, 5.74) is 6.24. The van der Waals surface area contributed by atoms with Gasteiger partial charge < -0.3 is 4.90 Å². The fourth-order valence-corrected chi connectivity index (χ4v) is 2.19. The van der Waals surface area contributed by atoms with Crippen LogP contribution in [-0.4, -0.2) is 34.1 Å². The van der Waals surface area contributed by atoms with Crippen molar-refractivity contribution in [3.63, 3.8) is 0 Å². The van der Waals surface area contributed by atoms with Crippen LogP contribution in [0.1, 0.15) is 41.5 Å². The first-order valence-electron chi connectivity index (χ1n) is 6.41. The molecule has 0 saturated carbocycles. The summed E-state index contributed by atoms with van der Waals surface area (Å²) in [5.74, 6) is 0.914. The molecular formula is C12H25N5S. The lowest BCUT2D eigenvalue weighted by Crippen LogP contribution is -2.52. The first-order valence-corrected chi connectivity index (χ1v) is 6.86. The number of nitrogens with one attached hydrogen (secondary N) is 2. The number of hydrogen-bond acceptors (Lipinski definition) is 6. The molecule has 1 aliphatic heterocycles. The minimum atomic E-state index is 0.299. The Morgan fingerprint density at radius 3 is 2.22 bits per heavy atom. The van der Waals surface area contributed by atoms with E-state index in [-0.39, 0.29) is 0 Å². The van der Waals surface area contributed by atoms with Gasteiger partial charge in [0.15, 0.2) is 5.84 Å². The highest BCUT2D eigenvalue weighted by Crippen LogP contribution is 2.13. The lowest BCUT2D eigenvalue weighted by Gasteiger charge is -2.36. The molecule has 1 heterocycles. The highest BCUT2D eigenvalue weighted by molar-refractivity contribution is 7.84. The van der Waals surface area contributed by atoms with Gasteiger partial charge in [0.1, 0.15) is 0 Å². The average molecular weight is 271 g/mol. The van der Waals surface area contributed by atoms with Crippen molar-refractivity contribution in [3.8, 4) is 0 Å². The van der Waals surface area contributed by atoms with Gasteiger partial charge in [0.05, 0.1) is 5.03 Å². The second-order valence-electron chi connectivity index (χ2n) is 5.29. The largest absolute Gasteiger partial charge is 0.350 e. The Balaban J connectivity index is 2.92. The fraction of sp³-hybridized carbons (Fsp3) is 0.750. The molecule has 0 amide bonds. The topological polar surface area (TPSA) is 42.9 Å². The Labute approximate surface area is 116 Å². The molecule has 0 radical (unpaired) electrons. The van der Waals surface area contributed by atoms with Gasteiger partial charge >= 0.3 is 0 Å². The molecule has 18 heavy (non-hydrogen) atoms. The van der Waals surface area contributed by atoms with Crippen molar-refractivity contribution < 1.29 is 0 Å². The molecule has 0 aliphatic carbocycles. The summed E-state index contributed by atoms with van der Waals surface area (Å²) in [7, 11) is 0. The number of thiol groups is 1. The average Bonchev–Trinajstić information content (AvgIpc) is 2.13. The van der Waals surface area contributed by atoms with Crippen molar-refractivity contribution in [2.75, 3.05) is 0 Å². The normalized spacial score (nSPS) is 16.0. The molecular weight excluding hydrogens is 246 g/mol. The van der Waals surface area contributed by atoms with Crippen LogP contribution in [-0.2, 0) is 0 Å². The van der Waals surface area contributed by atoms with E-state index in [0.29, 0.717) is 18.1 Å². The van der Waals surface area contributed by atoms with E-state index in [2.05, 4.69) is 75.0 Å². The maximum absolute atomic E-state index is 4.54. The molecule has 0 aromatic heterocycles. The van der Waals surface area contributed by atoms with Gasteiger partial charge in [-0.05, 0) is 41.5 Å². The van der Waals surface area contributed by atoms with E-state index < -0.39 is 0 Å². The summed E-state index contributed by atoms with van der Waals surface area (Å²) in [5, 5.41) is 6.95. The Morgan fingerprint density at radius 1 is 1.22 bits per heavy atom. The molecule has 1 rings (SSSR count). The Hall–Kier alpha value is -0.880. The van der Waals surface area contributed by atoms with E-state index in [1.807, 2.05) is 6.08 Å². The number of hydrazone groups is 1. The molecule has 0 aromatic carbocycles. The van der Waals surface area contributed by atoms with E-state index in [4.69, 9.17) is 0 Å². The van der Waals surface area contributed by atoms with Crippen LogP contribution in [0.4, 0.5) is 0 Å². The van der Waals surface area contributed by atoms with Crippen LogP contribution >= 0.6 is 12.6 Å². The first-order chi connectivity index (χ1) is 8.31. The summed E-state index contributed by atoms with van der Waals surface area (Å²) in [6, 6.07) is 1.08. The summed E-state index contributed by atoms with van der Waals surface area (Å²) in [4.78, 5) is 2.26. The molecule has 0 aromatic rings. The predicted octanol–water partition coefficient (Wildman–Crippen LogP) is 1.92. The Morgan fingerprint density at radius 2 is 1.78 bits per heavy atom. The molecule has 0 saturated heterocycles. The van der Waals surface area contributed by atoms with Crippen molar-refractivity contribution >= 4 is 18.5 Å². The predicted molar refractivity (Wildman–Crippen MR) is 79.9 cm³/mol. The SMILES string of the molecule is CC(C)NN1N=C(N(C(C)C)C(C)C)C=C(S)N1. The van der Waals surface area contributed by atoms with Gasteiger partial charge in [-0.2, -0.15) is 5.43 Å². The third kappa shape index (κ3) is 4.10. The molecule has 0 bridgehead atoms. The maximum Gasteiger partial charge on any atom is 0.155 e. The number of hydrazine groups is 2. The van der Waals surface area contributed by atoms with Crippen LogP contribution in [0.2, 0.25) is 0 Å². The molecule has 5 nitrogen and oxygen atoms in total. The monoisotopic (exact) mass is 271 g/mol. The Bertz CT molecular complexity index is 327. The second kappa shape index (κ2) is 6.33. The lowest BCUT2D eigenvalue weighted by molar-refractivity contribution is 0.118. The summed E-state index contributed by atoms with van der Waals surface area (Å²) in [6.07, 6.45) is 1.95. The molecule has 0 spiro atoms. The zero-order chi connectivity index (χ0) is 13.9. The number of rotatable bonds is 4. The van der Waals surface area contributed by atoms with Gasteiger partial charge in [-0.15, -0.1) is 23.0 Å². The minimum Gasteiger partial charge on any atom is -0.350 e. The van der Waals surface area contributed by atoms with E-state index in [1.165, 1.54) is 0 Å².